The molecule has 106 valence electrons. The Morgan fingerprint density at radius 1 is 1.26 bits per heavy atom. The zero-order valence-corrected chi connectivity index (χ0v) is 10.1. The fourth-order valence-electron chi connectivity index (χ4n) is 1.39. The fraction of sp³-hybridized carbons (Fsp3) is 0.417. The maximum atomic E-state index is 11.9. The highest BCUT2D eigenvalue weighted by Crippen LogP contribution is 2.15. The molecule has 1 aromatic carbocycles. The van der Waals surface area contributed by atoms with Gasteiger partial charge >= 0.3 is 12.3 Å². The molecule has 0 bridgehead atoms. The number of halogens is 3. The quantitative estimate of drug-likeness (QED) is 0.897. The number of benzene rings is 1. The molecule has 0 radical (unpaired) electrons. The van der Waals surface area contributed by atoms with Gasteiger partial charge in [-0.15, -0.1) is 0 Å². The van der Waals surface area contributed by atoms with Gasteiger partial charge in [-0.2, -0.15) is 13.2 Å². The molecule has 0 fully saturated rings. The standard InChI is InChI=1S/C12H14F3NO3/c13-12(14,15)9-19-11(18)16(6-7-17)8-10-4-2-1-3-5-10/h1-5,17H,6-9H2. The number of hydrogen-bond donors (Lipinski definition) is 1. The number of carbonyl (C=O) groups excluding carboxylic acids is 1. The Labute approximate surface area is 108 Å². The summed E-state index contributed by atoms with van der Waals surface area (Å²) in [6.07, 6.45) is -5.66. The van der Waals surface area contributed by atoms with Gasteiger partial charge in [-0.25, -0.2) is 4.79 Å². The number of amides is 1. The van der Waals surface area contributed by atoms with Crippen LogP contribution in [0.3, 0.4) is 0 Å². The molecular formula is C12H14F3NO3. The number of hydrogen-bond acceptors (Lipinski definition) is 3. The van der Waals surface area contributed by atoms with E-state index >= 15 is 0 Å². The SMILES string of the molecule is O=C(OCC(F)(F)F)N(CCO)Cc1ccccc1. The lowest BCUT2D eigenvalue weighted by molar-refractivity contribution is -0.162. The molecule has 1 aromatic rings. The van der Waals surface area contributed by atoms with Crippen molar-refractivity contribution in [1.82, 2.24) is 4.90 Å². The van der Waals surface area contributed by atoms with Gasteiger partial charge in [-0.3, -0.25) is 0 Å². The lowest BCUT2D eigenvalue weighted by atomic mass is 10.2. The first-order valence-electron chi connectivity index (χ1n) is 5.55. The molecule has 0 aliphatic heterocycles. The summed E-state index contributed by atoms with van der Waals surface area (Å²) in [5.74, 6) is 0. The first kappa shape index (κ1) is 15.3. The van der Waals surface area contributed by atoms with Crippen molar-refractivity contribution in [3.8, 4) is 0 Å². The van der Waals surface area contributed by atoms with E-state index in [4.69, 9.17) is 5.11 Å². The number of alkyl halides is 3. The molecule has 4 nitrogen and oxygen atoms in total. The summed E-state index contributed by atoms with van der Waals surface area (Å²) >= 11 is 0. The van der Waals surface area contributed by atoms with Gasteiger partial charge in [0, 0.05) is 13.1 Å². The van der Waals surface area contributed by atoms with Crippen LogP contribution in [0.2, 0.25) is 0 Å². The lowest BCUT2D eigenvalue weighted by Gasteiger charge is -2.21. The van der Waals surface area contributed by atoms with E-state index in [2.05, 4.69) is 4.74 Å². The van der Waals surface area contributed by atoms with Crippen molar-refractivity contribution in [3.63, 3.8) is 0 Å². The van der Waals surface area contributed by atoms with E-state index in [-0.39, 0.29) is 19.7 Å². The van der Waals surface area contributed by atoms with Crippen LogP contribution in [0.5, 0.6) is 0 Å². The molecule has 19 heavy (non-hydrogen) atoms. The summed E-state index contributed by atoms with van der Waals surface area (Å²) in [5.41, 5.74) is 0.736. The summed E-state index contributed by atoms with van der Waals surface area (Å²) in [6, 6.07) is 8.71. The van der Waals surface area contributed by atoms with Gasteiger partial charge in [-0.1, -0.05) is 30.3 Å². The molecule has 1 amide bonds. The molecule has 0 spiro atoms. The second kappa shape index (κ2) is 6.98. The average molecular weight is 277 g/mol. The minimum absolute atomic E-state index is 0.0814. The van der Waals surface area contributed by atoms with Crippen molar-refractivity contribution >= 4 is 6.09 Å². The molecule has 7 heteroatoms. The lowest BCUT2D eigenvalue weighted by Crippen LogP contribution is -2.35. The van der Waals surface area contributed by atoms with Crippen molar-refractivity contribution in [1.29, 1.82) is 0 Å². The van der Waals surface area contributed by atoms with Crippen LogP contribution in [0.15, 0.2) is 30.3 Å². The topological polar surface area (TPSA) is 49.8 Å². The predicted molar refractivity (Wildman–Crippen MR) is 61.3 cm³/mol. The number of rotatable bonds is 5. The number of aliphatic hydroxyl groups excluding tert-OH is 1. The Balaban J connectivity index is 2.59. The van der Waals surface area contributed by atoms with Crippen LogP contribution in [0.4, 0.5) is 18.0 Å². The second-order valence-electron chi connectivity index (χ2n) is 3.80. The Morgan fingerprint density at radius 2 is 1.89 bits per heavy atom. The fourth-order valence-corrected chi connectivity index (χ4v) is 1.39. The van der Waals surface area contributed by atoms with E-state index < -0.39 is 18.9 Å². The first-order valence-corrected chi connectivity index (χ1v) is 5.55. The summed E-state index contributed by atoms with van der Waals surface area (Å²) in [7, 11) is 0. The van der Waals surface area contributed by atoms with Crippen LogP contribution >= 0.6 is 0 Å². The molecular weight excluding hydrogens is 263 g/mol. The zero-order chi connectivity index (χ0) is 14.3. The third-order valence-electron chi connectivity index (χ3n) is 2.20. The van der Waals surface area contributed by atoms with Crippen molar-refractivity contribution in [2.45, 2.75) is 12.7 Å². The van der Waals surface area contributed by atoms with Gasteiger partial charge < -0.3 is 14.7 Å². The largest absolute Gasteiger partial charge is 0.440 e. The Bertz CT molecular complexity index is 395. The van der Waals surface area contributed by atoms with Crippen molar-refractivity contribution < 1.29 is 27.8 Å². The highest BCUT2D eigenvalue weighted by atomic mass is 19.4. The van der Waals surface area contributed by atoms with Crippen LogP contribution < -0.4 is 0 Å². The van der Waals surface area contributed by atoms with Gasteiger partial charge in [0.15, 0.2) is 6.61 Å². The highest BCUT2D eigenvalue weighted by Gasteiger charge is 2.30. The summed E-state index contributed by atoms with van der Waals surface area (Å²) in [6.45, 7) is -2.00. The molecule has 0 saturated carbocycles. The van der Waals surface area contributed by atoms with Gasteiger partial charge in [0.1, 0.15) is 0 Å². The third kappa shape index (κ3) is 6.10. The summed E-state index contributed by atoms with van der Waals surface area (Å²) in [4.78, 5) is 12.5. The summed E-state index contributed by atoms with van der Waals surface area (Å²) in [5, 5.41) is 8.82. The van der Waals surface area contributed by atoms with E-state index in [1.807, 2.05) is 0 Å². The third-order valence-corrected chi connectivity index (χ3v) is 2.20. The minimum atomic E-state index is -4.56. The van der Waals surface area contributed by atoms with E-state index in [1.165, 1.54) is 0 Å². The number of ether oxygens (including phenoxy) is 1. The Kier molecular flexibility index (Phi) is 5.62. The monoisotopic (exact) mass is 277 g/mol. The zero-order valence-electron chi connectivity index (χ0n) is 10.1. The maximum absolute atomic E-state index is 11.9. The second-order valence-corrected chi connectivity index (χ2v) is 3.80. The number of carbonyl (C=O) groups is 1. The maximum Gasteiger partial charge on any atom is 0.422 e. The van der Waals surface area contributed by atoms with Crippen LogP contribution in [0.25, 0.3) is 0 Å². The normalized spacial score (nSPS) is 11.2. The molecule has 0 unspecified atom stereocenters. The van der Waals surface area contributed by atoms with Crippen LogP contribution in [0.1, 0.15) is 5.56 Å². The van der Waals surface area contributed by atoms with Crippen molar-refractivity contribution in [2.24, 2.45) is 0 Å². The van der Waals surface area contributed by atoms with Crippen molar-refractivity contribution in [2.75, 3.05) is 19.8 Å². The van der Waals surface area contributed by atoms with Crippen molar-refractivity contribution in [3.05, 3.63) is 35.9 Å². The van der Waals surface area contributed by atoms with Gasteiger partial charge in [0.2, 0.25) is 0 Å². The Morgan fingerprint density at radius 3 is 2.42 bits per heavy atom. The van der Waals surface area contributed by atoms with E-state index in [0.29, 0.717) is 0 Å². The first-order chi connectivity index (χ1) is 8.92. The predicted octanol–water partition coefficient (Wildman–Crippen LogP) is 2.18. The highest BCUT2D eigenvalue weighted by molar-refractivity contribution is 5.67. The molecule has 0 atom stereocenters. The molecule has 0 aliphatic rings. The molecule has 1 N–H and O–H groups in total. The average Bonchev–Trinajstić information content (AvgIpc) is 2.36. The molecule has 1 rings (SSSR count). The van der Waals surface area contributed by atoms with Gasteiger partial charge in [0.25, 0.3) is 0 Å². The van der Waals surface area contributed by atoms with Crippen LogP contribution in [0, 0.1) is 0 Å². The van der Waals surface area contributed by atoms with Gasteiger partial charge in [-0.05, 0) is 5.56 Å². The number of nitrogens with zero attached hydrogens (tertiary/aromatic N) is 1. The summed E-state index contributed by atoms with van der Waals surface area (Å²) < 4.78 is 40.0. The van der Waals surface area contributed by atoms with E-state index in [0.717, 1.165) is 10.5 Å². The number of aliphatic hydroxyl groups is 1. The van der Waals surface area contributed by atoms with Gasteiger partial charge in [0.05, 0.1) is 6.61 Å². The Hall–Kier alpha value is -1.76. The minimum Gasteiger partial charge on any atom is -0.440 e. The molecule has 0 heterocycles. The molecule has 0 saturated heterocycles. The van der Waals surface area contributed by atoms with Crippen LogP contribution in [-0.4, -0.2) is 42.0 Å². The van der Waals surface area contributed by atoms with E-state index in [1.54, 1.807) is 30.3 Å². The smallest absolute Gasteiger partial charge is 0.422 e. The molecule has 0 aromatic heterocycles. The van der Waals surface area contributed by atoms with Crippen LogP contribution in [-0.2, 0) is 11.3 Å². The molecule has 0 aliphatic carbocycles. The van der Waals surface area contributed by atoms with E-state index in [9.17, 15) is 18.0 Å².